The second-order valence-electron chi connectivity index (χ2n) is 3.75. The van der Waals surface area contributed by atoms with E-state index in [1.807, 2.05) is 11.8 Å². The van der Waals surface area contributed by atoms with E-state index in [9.17, 15) is 0 Å². The van der Waals surface area contributed by atoms with E-state index in [1.54, 1.807) is 0 Å². The van der Waals surface area contributed by atoms with Crippen molar-refractivity contribution >= 4 is 11.8 Å². The molecule has 2 atom stereocenters. The van der Waals surface area contributed by atoms with Crippen molar-refractivity contribution in [3.63, 3.8) is 0 Å². The molecule has 0 heterocycles. The van der Waals surface area contributed by atoms with Gasteiger partial charge < -0.3 is 5.32 Å². The molecule has 64 valence electrons. The maximum atomic E-state index is 3.73. The molecule has 0 saturated heterocycles. The summed E-state index contributed by atoms with van der Waals surface area (Å²) in [6.45, 7) is 0. The van der Waals surface area contributed by atoms with E-state index in [0.717, 1.165) is 17.3 Å². The predicted octanol–water partition coefficient (Wildman–Crippen LogP) is 2.02. The van der Waals surface area contributed by atoms with Crippen LogP contribution in [0.25, 0.3) is 0 Å². The van der Waals surface area contributed by atoms with Gasteiger partial charge in [-0.1, -0.05) is 6.42 Å². The van der Waals surface area contributed by atoms with E-state index in [4.69, 9.17) is 0 Å². The Labute approximate surface area is 73.3 Å². The van der Waals surface area contributed by atoms with Crippen LogP contribution in [0.1, 0.15) is 32.1 Å². The van der Waals surface area contributed by atoms with Gasteiger partial charge in [-0.3, -0.25) is 0 Å². The van der Waals surface area contributed by atoms with Gasteiger partial charge in [0.15, 0.2) is 0 Å². The van der Waals surface area contributed by atoms with Crippen molar-refractivity contribution in [2.24, 2.45) is 0 Å². The lowest BCUT2D eigenvalue weighted by atomic mass is 9.87. The van der Waals surface area contributed by atoms with E-state index >= 15 is 0 Å². The van der Waals surface area contributed by atoms with Crippen LogP contribution >= 0.6 is 11.8 Å². The summed E-state index contributed by atoms with van der Waals surface area (Å²) in [6.07, 6.45) is 9.40. The zero-order valence-corrected chi connectivity index (χ0v) is 7.99. The topological polar surface area (TPSA) is 12.0 Å². The van der Waals surface area contributed by atoms with Crippen molar-refractivity contribution in [3.8, 4) is 0 Å². The normalized spacial score (nSPS) is 37.9. The fourth-order valence-electron chi connectivity index (χ4n) is 1.82. The largest absolute Gasteiger partial charge is 0.310 e. The quantitative estimate of drug-likeness (QED) is 0.697. The third-order valence-corrected chi connectivity index (χ3v) is 4.24. The van der Waals surface area contributed by atoms with Gasteiger partial charge in [-0.2, -0.15) is 11.8 Å². The number of nitrogens with one attached hydrogen (secondary N) is 1. The van der Waals surface area contributed by atoms with E-state index in [0.29, 0.717) is 0 Å². The van der Waals surface area contributed by atoms with Crippen molar-refractivity contribution in [1.82, 2.24) is 5.32 Å². The lowest BCUT2D eigenvalue weighted by molar-refractivity contribution is 0.250. The minimum Gasteiger partial charge on any atom is -0.310 e. The van der Waals surface area contributed by atoms with Crippen molar-refractivity contribution in [2.75, 3.05) is 6.26 Å². The summed E-state index contributed by atoms with van der Waals surface area (Å²) < 4.78 is 0. The first kappa shape index (κ1) is 7.93. The van der Waals surface area contributed by atoms with E-state index < -0.39 is 0 Å². The van der Waals surface area contributed by atoms with Gasteiger partial charge in [0.2, 0.25) is 0 Å². The Balaban J connectivity index is 1.69. The van der Waals surface area contributed by atoms with Gasteiger partial charge >= 0.3 is 0 Å². The molecule has 0 bridgehead atoms. The van der Waals surface area contributed by atoms with Crippen LogP contribution in [0.3, 0.4) is 0 Å². The Kier molecular flexibility index (Phi) is 2.42. The van der Waals surface area contributed by atoms with Crippen molar-refractivity contribution in [1.29, 1.82) is 0 Å². The molecule has 11 heavy (non-hydrogen) atoms. The molecule has 0 aliphatic heterocycles. The average Bonchev–Trinajstić information content (AvgIpc) is 1.83. The Bertz CT molecular complexity index is 132. The molecule has 2 aliphatic carbocycles. The van der Waals surface area contributed by atoms with Crippen molar-refractivity contribution in [2.45, 2.75) is 49.4 Å². The van der Waals surface area contributed by atoms with Crippen LogP contribution in [-0.2, 0) is 0 Å². The Morgan fingerprint density at radius 1 is 1.18 bits per heavy atom. The fraction of sp³-hybridized carbons (Fsp3) is 1.00. The van der Waals surface area contributed by atoms with Crippen LogP contribution in [0.4, 0.5) is 0 Å². The maximum absolute atomic E-state index is 3.73. The van der Waals surface area contributed by atoms with Crippen LogP contribution in [0.2, 0.25) is 0 Å². The second kappa shape index (κ2) is 3.36. The minimum absolute atomic E-state index is 0.857. The van der Waals surface area contributed by atoms with E-state index in [1.165, 1.54) is 32.1 Å². The predicted molar refractivity (Wildman–Crippen MR) is 51.1 cm³/mol. The highest BCUT2D eigenvalue weighted by molar-refractivity contribution is 7.99. The fourth-order valence-corrected chi connectivity index (χ4v) is 2.73. The van der Waals surface area contributed by atoms with Crippen LogP contribution in [-0.4, -0.2) is 23.6 Å². The van der Waals surface area contributed by atoms with Crippen LogP contribution < -0.4 is 5.32 Å². The lowest BCUT2D eigenvalue weighted by Gasteiger charge is -2.41. The first-order chi connectivity index (χ1) is 5.40. The summed E-state index contributed by atoms with van der Waals surface area (Å²) in [4.78, 5) is 0. The zero-order chi connectivity index (χ0) is 7.68. The third kappa shape index (κ3) is 1.57. The first-order valence-corrected chi connectivity index (χ1v) is 5.98. The van der Waals surface area contributed by atoms with Gasteiger partial charge in [-0.15, -0.1) is 0 Å². The Morgan fingerprint density at radius 2 is 2.00 bits per heavy atom. The zero-order valence-electron chi connectivity index (χ0n) is 7.18. The minimum atomic E-state index is 0.857. The molecule has 2 rings (SSSR count). The molecule has 2 aliphatic rings. The second-order valence-corrected chi connectivity index (χ2v) is 4.83. The van der Waals surface area contributed by atoms with Crippen LogP contribution in [0.15, 0.2) is 0 Å². The molecule has 2 heteroatoms. The molecular formula is C9H17NS. The Morgan fingerprint density at radius 3 is 2.36 bits per heavy atom. The van der Waals surface area contributed by atoms with Crippen molar-refractivity contribution in [3.05, 3.63) is 0 Å². The molecule has 0 radical (unpaired) electrons. The lowest BCUT2D eigenvalue weighted by Crippen LogP contribution is -2.52. The molecule has 0 amide bonds. The first-order valence-electron chi connectivity index (χ1n) is 4.69. The number of hydrogen-bond donors (Lipinski definition) is 1. The summed E-state index contributed by atoms with van der Waals surface area (Å²) in [5.41, 5.74) is 0. The number of rotatable bonds is 3. The Hall–Kier alpha value is 0.310. The number of thioether (sulfide) groups is 1. The van der Waals surface area contributed by atoms with Gasteiger partial charge in [-0.25, -0.2) is 0 Å². The van der Waals surface area contributed by atoms with E-state index in [2.05, 4.69) is 11.6 Å². The van der Waals surface area contributed by atoms with Gasteiger partial charge in [-0.05, 0) is 31.9 Å². The monoisotopic (exact) mass is 171 g/mol. The van der Waals surface area contributed by atoms with Crippen LogP contribution in [0.5, 0.6) is 0 Å². The molecule has 0 spiro atoms. The molecule has 0 aromatic rings. The molecule has 1 nitrogen and oxygen atoms in total. The summed E-state index contributed by atoms with van der Waals surface area (Å²) in [5.74, 6) is 0. The standard InChI is InChI=1S/C9H17NS/c1-11-9-6-5-8(9)10-7-3-2-4-7/h7-10H,2-6H2,1H3. The van der Waals surface area contributed by atoms with Gasteiger partial charge in [0.05, 0.1) is 0 Å². The molecule has 1 N–H and O–H groups in total. The van der Waals surface area contributed by atoms with Crippen LogP contribution in [0, 0.1) is 0 Å². The SMILES string of the molecule is CSC1CCC1NC1CCC1. The highest BCUT2D eigenvalue weighted by Gasteiger charge is 2.32. The smallest absolute Gasteiger partial charge is 0.0199 e. The molecule has 0 aromatic carbocycles. The van der Waals surface area contributed by atoms with Crippen molar-refractivity contribution < 1.29 is 0 Å². The summed E-state index contributed by atoms with van der Waals surface area (Å²) >= 11 is 2.03. The third-order valence-electron chi connectivity index (χ3n) is 3.07. The van der Waals surface area contributed by atoms with Gasteiger partial charge in [0, 0.05) is 17.3 Å². The molecule has 0 aromatic heterocycles. The highest BCUT2D eigenvalue weighted by Crippen LogP contribution is 2.32. The maximum Gasteiger partial charge on any atom is 0.0199 e. The van der Waals surface area contributed by atoms with Gasteiger partial charge in [0.25, 0.3) is 0 Å². The highest BCUT2D eigenvalue weighted by atomic mass is 32.2. The molecule has 2 unspecified atom stereocenters. The molecular weight excluding hydrogens is 154 g/mol. The van der Waals surface area contributed by atoms with E-state index in [-0.39, 0.29) is 0 Å². The molecule has 2 fully saturated rings. The number of hydrogen-bond acceptors (Lipinski definition) is 2. The summed E-state index contributed by atoms with van der Waals surface area (Å²) in [7, 11) is 0. The summed E-state index contributed by atoms with van der Waals surface area (Å²) in [5, 5.41) is 4.66. The summed E-state index contributed by atoms with van der Waals surface area (Å²) in [6, 6.07) is 1.74. The molecule has 2 saturated carbocycles. The average molecular weight is 171 g/mol. The van der Waals surface area contributed by atoms with Gasteiger partial charge in [0.1, 0.15) is 0 Å².